The van der Waals surface area contributed by atoms with Gasteiger partial charge in [-0.1, -0.05) is 0 Å². The summed E-state index contributed by atoms with van der Waals surface area (Å²) in [7, 11) is -3.61. The summed E-state index contributed by atoms with van der Waals surface area (Å²) in [4.78, 5) is 1.78. The number of hydrogen-bond acceptors (Lipinski definition) is 5. The molecule has 0 fully saturated rings. The van der Waals surface area contributed by atoms with Crippen LogP contribution in [0.2, 0.25) is 0 Å². The van der Waals surface area contributed by atoms with Crippen LogP contribution in [0.3, 0.4) is 0 Å². The average molecular weight is 381 g/mol. The molecule has 24 heavy (non-hydrogen) atoms. The monoisotopic (exact) mass is 381 g/mol. The molecule has 0 aliphatic carbocycles. The van der Waals surface area contributed by atoms with E-state index in [2.05, 4.69) is 4.72 Å². The number of benzene rings is 1. The number of aryl methyl sites for hydroxylation is 1. The third-order valence-corrected chi connectivity index (χ3v) is 6.12. The molecule has 0 bridgehead atoms. The van der Waals surface area contributed by atoms with Crippen molar-refractivity contribution in [3.63, 3.8) is 0 Å². The van der Waals surface area contributed by atoms with Crippen molar-refractivity contribution in [3.05, 3.63) is 29.6 Å². The first-order valence-corrected chi connectivity index (χ1v) is 10.6. The highest BCUT2D eigenvalue weighted by molar-refractivity contribution is 7.89. The van der Waals surface area contributed by atoms with Crippen LogP contribution in [0, 0.1) is 12.7 Å². The van der Waals surface area contributed by atoms with Crippen LogP contribution >= 0.6 is 0 Å². The Balaban J connectivity index is 2.73. The summed E-state index contributed by atoms with van der Waals surface area (Å²) in [5.74, 6) is -0.485. The highest BCUT2D eigenvalue weighted by Crippen LogP contribution is 2.14. The van der Waals surface area contributed by atoms with Gasteiger partial charge < -0.3 is 4.90 Å². The molecule has 10 heteroatoms. The second-order valence-corrected chi connectivity index (χ2v) is 9.52. The number of hydrogen-bond donors (Lipinski definition) is 1. The zero-order valence-corrected chi connectivity index (χ0v) is 15.9. The minimum atomic E-state index is -3.82. The van der Waals surface area contributed by atoms with Crippen molar-refractivity contribution in [3.8, 4) is 0 Å². The van der Waals surface area contributed by atoms with Gasteiger partial charge in [0.05, 0.1) is 11.2 Å². The van der Waals surface area contributed by atoms with Gasteiger partial charge in [-0.25, -0.2) is 25.9 Å². The Hall–Kier alpha value is -1.07. The van der Waals surface area contributed by atoms with Crippen molar-refractivity contribution in [1.82, 2.24) is 13.9 Å². The molecule has 138 valence electrons. The van der Waals surface area contributed by atoms with Gasteiger partial charge in [0.15, 0.2) is 0 Å². The third kappa shape index (κ3) is 6.44. The van der Waals surface area contributed by atoms with E-state index in [-0.39, 0.29) is 30.1 Å². The predicted octanol–water partition coefficient (Wildman–Crippen LogP) is 0.236. The van der Waals surface area contributed by atoms with Gasteiger partial charge in [0.1, 0.15) is 5.82 Å². The molecule has 1 rings (SSSR count). The summed E-state index contributed by atoms with van der Waals surface area (Å²) < 4.78 is 64.6. The minimum absolute atomic E-state index is 0.0199. The van der Waals surface area contributed by atoms with Crippen molar-refractivity contribution >= 4 is 20.0 Å². The van der Waals surface area contributed by atoms with E-state index in [1.54, 1.807) is 0 Å². The molecule has 0 saturated carbocycles. The van der Waals surface area contributed by atoms with Crippen molar-refractivity contribution < 1.29 is 21.2 Å². The fourth-order valence-electron chi connectivity index (χ4n) is 1.93. The van der Waals surface area contributed by atoms with Crippen molar-refractivity contribution in [2.24, 2.45) is 0 Å². The number of sulfonamides is 2. The van der Waals surface area contributed by atoms with Crippen molar-refractivity contribution in [2.75, 3.05) is 46.5 Å². The van der Waals surface area contributed by atoms with E-state index in [4.69, 9.17) is 0 Å². The zero-order chi connectivity index (χ0) is 18.5. The second-order valence-electron chi connectivity index (χ2n) is 5.77. The lowest BCUT2D eigenvalue weighted by Crippen LogP contribution is -2.41. The zero-order valence-electron chi connectivity index (χ0n) is 14.3. The Morgan fingerprint density at radius 2 is 1.71 bits per heavy atom. The molecule has 0 heterocycles. The number of rotatable bonds is 9. The second kappa shape index (κ2) is 8.34. The van der Waals surface area contributed by atoms with Crippen molar-refractivity contribution in [2.45, 2.75) is 11.8 Å². The third-order valence-electron chi connectivity index (χ3n) is 3.36. The molecule has 0 amide bonds. The lowest BCUT2D eigenvalue weighted by atomic mass is 10.2. The molecule has 1 aromatic carbocycles. The first kappa shape index (κ1) is 21.0. The fourth-order valence-corrected chi connectivity index (χ4v) is 3.87. The molecular formula is C14H24FN3O4S2. The van der Waals surface area contributed by atoms with Gasteiger partial charge in [-0.05, 0) is 44.8 Å². The van der Waals surface area contributed by atoms with Crippen LogP contribution in [-0.2, 0) is 20.0 Å². The largest absolute Gasteiger partial charge is 0.308 e. The predicted molar refractivity (Wildman–Crippen MR) is 91.3 cm³/mol. The first-order valence-electron chi connectivity index (χ1n) is 7.29. The van der Waals surface area contributed by atoms with Crippen LogP contribution < -0.4 is 4.72 Å². The van der Waals surface area contributed by atoms with Gasteiger partial charge >= 0.3 is 0 Å². The van der Waals surface area contributed by atoms with E-state index < -0.39 is 25.9 Å². The Kier molecular flexibility index (Phi) is 7.29. The Bertz CT molecular complexity index is 764. The highest BCUT2D eigenvalue weighted by Gasteiger charge is 2.19. The summed E-state index contributed by atoms with van der Waals surface area (Å²) in [6.45, 7) is 2.21. The Morgan fingerprint density at radius 1 is 1.08 bits per heavy atom. The maximum atomic E-state index is 13.2. The van der Waals surface area contributed by atoms with Crippen LogP contribution in [0.1, 0.15) is 5.56 Å². The maximum absolute atomic E-state index is 13.2. The summed E-state index contributed by atoms with van der Waals surface area (Å²) in [6, 6.07) is 3.49. The van der Waals surface area contributed by atoms with Crippen LogP contribution in [-0.4, -0.2) is 72.6 Å². The Labute approximate surface area is 143 Å². The molecule has 0 aliphatic rings. The number of halogens is 1. The van der Waals surface area contributed by atoms with Crippen LogP contribution in [0.15, 0.2) is 23.1 Å². The van der Waals surface area contributed by atoms with Crippen LogP contribution in [0.25, 0.3) is 0 Å². The molecule has 0 atom stereocenters. The average Bonchev–Trinajstić information content (AvgIpc) is 2.43. The van der Waals surface area contributed by atoms with Crippen LogP contribution in [0.4, 0.5) is 4.39 Å². The van der Waals surface area contributed by atoms with E-state index in [1.165, 1.54) is 23.4 Å². The summed E-state index contributed by atoms with van der Waals surface area (Å²) in [5.41, 5.74) is 0.224. The van der Waals surface area contributed by atoms with Gasteiger partial charge in [-0.15, -0.1) is 0 Å². The first-order chi connectivity index (χ1) is 10.9. The van der Waals surface area contributed by atoms with E-state index in [9.17, 15) is 21.2 Å². The normalized spacial score (nSPS) is 13.0. The summed E-state index contributed by atoms with van der Waals surface area (Å²) in [5, 5.41) is 0. The van der Waals surface area contributed by atoms with Gasteiger partial charge in [-0.3, -0.25) is 0 Å². The molecule has 0 saturated heterocycles. The van der Waals surface area contributed by atoms with Gasteiger partial charge in [0, 0.05) is 26.2 Å². The van der Waals surface area contributed by atoms with Gasteiger partial charge in [0.25, 0.3) is 0 Å². The smallest absolute Gasteiger partial charge is 0.240 e. The minimum Gasteiger partial charge on any atom is -0.308 e. The van der Waals surface area contributed by atoms with E-state index in [0.29, 0.717) is 6.54 Å². The van der Waals surface area contributed by atoms with E-state index >= 15 is 0 Å². The quantitative estimate of drug-likeness (QED) is 0.662. The van der Waals surface area contributed by atoms with E-state index in [0.717, 1.165) is 12.3 Å². The van der Waals surface area contributed by atoms with Crippen LogP contribution in [0.5, 0.6) is 0 Å². The lowest BCUT2D eigenvalue weighted by molar-refractivity contribution is 0.336. The molecule has 0 unspecified atom stereocenters. The molecular weight excluding hydrogens is 357 g/mol. The van der Waals surface area contributed by atoms with Gasteiger partial charge in [0.2, 0.25) is 20.0 Å². The molecule has 1 N–H and O–H groups in total. The molecule has 7 nitrogen and oxygen atoms in total. The summed E-state index contributed by atoms with van der Waals surface area (Å²) in [6.07, 6.45) is 1.08. The molecule has 0 aliphatic heterocycles. The lowest BCUT2D eigenvalue weighted by Gasteiger charge is -2.22. The molecule has 0 aromatic heterocycles. The topological polar surface area (TPSA) is 86.8 Å². The number of likely N-dealkylation sites (N-methyl/N-ethyl adjacent to an activating group) is 1. The SMILES string of the molecule is Cc1cc(S(=O)(=O)NCCN(CCN(C)C)S(C)(=O)=O)ccc1F. The molecule has 0 spiro atoms. The standard InChI is InChI=1S/C14H24FN3O4S2/c1-12-11-13(5-6-14(12)15)24(21,22)16-7-8-18(23(4,19)20)10-9-17(2)3/h5-6,11,16H,7-10H2,1-4H3. The van der Waals surface area contributed by atoms with Crippen molar-refractivity contribution in [1.29, 1.82) is 0 Å². The van der Waals surface area contributed by atoms with E-state index in [1.807, 2.05) is 19.0 Å². The highest BCUT2D eigenvalue weighted by atomic mass is 32.2. The number of nitrogens with zero attached hydrogens (tertiary/aromatic N) is 2. The van der Waals surface area contributed by atoms with Gasteiger partial charge in [-0.2, -0.15) is 4.31 Å². The summed E-state index contributed by atoms with van der Waals surface area (Å²) >= 11 is 0. The molecule has 0 radical (unpaired) electrons. The Morgan fingerprint density at radius 3 is 2.21 bits per heavy atom. The fraction of sp³-hybridized carbons (Fsp3) is 0.571. The maximum Gasteiger partial charge on any atom is 0.240 e. The molecule has 1 aromatic rings. The number of nitrogens with one attached hydrogen (secondary N) is 1.